The van der Waals surface area contributed by atoms with Crippen LogP contribution in [0, 0.1) is 41.5 Å². The predicted octanol–water partition coefficient (Wildman–Crippen LogP) is 4.48. The molecule has 0 aromatic heterocycles. The van der Waals surface area contributed by atoms with E-state index < -0.39 is 4.64 Å². The molecule has 5 rings (SSSR count). The first-order valence-corrected chi connectivity index (χ1v) is 18.4. The van der Waals surface area contributed by atoms with Gasteiger partial charge in [-0.2, -0.15) is 0 Å². The Hall–Kier alpha value is -1.33. The van der Waals surface area contributed by atoms with E-state index in [-0.39, 0.29) is 0 Å². The van der Waals surface area contributed by atoms with Crippen molar-refractivity contribution in [1.29, 1.82) is 0 Å². The summed E-state index contributed by atoms with van der Waals surface area (Å²) in [4.78, 5) is 0. The van der Waals surface area contributed by atoms with Crippen LogP contribution in [0.2, 0.25) is 0 Å². The van der Waals surface area contributed by atoms with Crippen LogP contribution >= 0.6 is 4.64 Å². The summed E-state index contributed by atoms with van der Waals surface area (Å²) in [6.45, 7) is 13.7. The van der Waals surface area contributed by atoms with Crippen LogP contribution in [0.25, 0.3) is 10.8 Å². The van der Waals surface area contributed by atoms with Crippen LogP contribution in [0.5, 0.6) is 0 Å². The molecule has 0 fully saturated rings. The van der Waals surface area contributed by atoms with E-state index in [0.29, 0.717) is 19.9 Å². The fourth-order valence-electron chi connectivity index (χ4n) is 5.70. The molecule has 0 saturated heterocycles. The van der Waals surface area contributed by atoms with E-state index in [9.17, 15) is 0 Å². The quantitative estimate of drug-likeness (QED) is 0.249. The van der Waals surface area contributed by atoms with Gasteiger partial charge < -0.3 is 0 Å². The summed E-state index contributed by atoms with van der Waals surface area (Å²) in [6.07, 6.45) is 0. The molecule has 4 aromatic rings. The first-order chi connectivity index (χ1) is 15.2. The number of hydrogen-bond acceptors (Lipinski definition) is 0. The van der Waals surface area contributed by atoms with Gasteiger partial charge in [-0.3, -0.25) is 0 Å². The number of benzene rings is 4. The van der Waals surface area contributed by atoms with Crippen LogP contribution in [0.4, 0.5) is 0 Å². The van der Waals surface area contributed by atoms with Crippen molar-refractivity contribution < 1.29 is 0 Å². The van der Waals surface area contributed by atoms with Crippen LogP contribution in [0.3, 0.4) is 0 Å². The van der Waals surface area contributed by atoms with Gasteiger partial charge >= 0.3 is 208 Å². The SMILES string of the molecule is Cc1cc(C)c(B2[Se][P+]([Se-])(c3c(C)cc(C)cc3C)c3cccc4cccc2c34)c(C)c1. The Morgan fingerprint density at radius 2 is 1.25 bits per heavy atom. The Morgan fingerprint density at radius 1 is 0.719 bits per heavy atom. The Kier molecular flexibility index (Phi) is 5.73. The third-order valence-electron chi connectivity index (χ3n) is 6.70. The number of aryl methyl sites for hydroxylation is 6. The van der Waals surface area contributed by atoms with E-state index in [4.69, 9.17) is 0 Å². The topological polar surface area (TPSA) is 0 Å². The Labute approximate surface area is 207 Å². The standard InChI is InChI=1S/C28H28BPSe2/c1-17-13-19(3)27(20(4)14-17)29-24-11-7-9-23-10-8-12-25(26(23)24)30(31,32-29)28-21(5)15-18(2)16-22(28)6/h7-16H,1-6H3. The molecular weight excluding hydrogens is 536 g/mol. The number of rotatable bonds is 2. The van der Waals surface area contributed by atoms with Crippen LogP contribution < -0.4 is 21.5 Å². The summed E-state index contributed by atoms with van der Waals surface area (Å²) >= 11 is 4.28. The molecule has 0 N–H and O–H groups in total. The summed E-state index contributed by atoms with van der Waals surface area (Å²) in [5, 5.41) is 6.04. The second-order valence-corrected chi connectivity index (χ2v) is 24.3. The van der Waals surface area contributed by atoms with Crippen LogP contribution in [-0.2, 0) is 0 Å². The van der Waals surface area contributed by atoms with E-state index >= 15 is 0 Å². The zero-order chi connectivity index (χ0) is 22.8. The third kappa shape index (κ3) is 3.46. The van der Waals surface area contributed by atoms with Crippen molar-refractivity contribution in [3.8, 4) is 0 Å². The van der Waals surface area contributed by atoms with Gasteiger partial charge in [0.25, 0.3) is 0 Å². The molecule has 1 aliphatic heterocycles. The maximum atomic E-state index is 3.90. The van der Waals surface area contributed by atoms with E-state index in [1.165, 1.54) is 49.6 Å². The molecule has 0 aliphatic carbocycles. The Bertz CT molecular complexity index is 1340. The van der Waals surface area contributed by atoms with Crippen molar-refractivity contribution in [3.63, 3.8) is 0 Å². The Balaban J connectivity index is 1.88. The van der Waals surface area contributed by atoms with Crippen molar-refractivity contribution >= 4 is 72.4 Å². The minimum atomic E-state index is -1.65. The molecule has 1 atom stereocenters. The van der Waals surface area contributed by atoms with E-state index in [1.807, 2.05) is 0 Å². The zero-order valence-electron chi connectivity index (χ0n) is 19.6. The second-order valence-electron chi connectivity index (χ2n) is 9.32. The fourth-order valence-corrected chi connectivity index (χ4v) is 22.7. The second kappa shape index (κ2) is 8.16. The van der Waals surface area contributed by atoms with Gasteiger partial charge in [0.05, 0.1) is 0 Å². The average molecular weight is 564 g/mol. The molecule has 1 aliphatic rings. The average Bonchev–Trinajstić information content (AvgIpc) is 2.70. The third-order valence-corrected chi connectivity index (χ3v) is 21.3. The van der Waals surface area contributed by atoms with Gasteiger partial charge in [-0.15, -0.1) is 0 Å². The molecule has 4 heteroatoms. The monoisotopic (exact) mass is 566 g/mol. The van der Waals surface area contributed by atoms with Crippen molar-refractivity contribution in [2.75, 3.05) is 0 Å². The van der Waals surface area contributed by atoms with Crippen molar-refractivity contribution in [3.05, 3.63) is 94.0 Å². The molecule has 0 saturated carbocycles. The van der Waals surface area contributed by atoms with Gasteiger partial charge in [0.2, 0.25) is 0 Å². The summed E-state index contributed by atoms with van der Waals surface area (Å²) in [5.41, 5.74) is 12.1. The molecule has 0 bridgehead atoms. The molecule has 32 heavy (non-hydrogen) atoms. The van der Waals surface area contributed by atoms with Gasteiger partial charge in [0.15, 0.2) is 0 Å². The van der Waals surface area contributed by atoms with Crippen molar-refractivity contribution in [2.45, 2.75) is 41.5 Å². The van der Waals surface area contributed by atoms with Gasteiger partial charge in [-0.05, 0) is 0 Å². The van der Waals surface area contributed by atoms with E-state index in [2.05, 4.69) is 118 Å². The molecule has 1 heterocycles. The summed E-state index contributed by atoms with van der Waals surface area (Å²) in [7, 11) is 0. The van der Waals surface area contributed by atoms with Gasteiger partial charge in [-0.25, -0.2) is 0 Å². The summed E-state index contributed by atoms with van der Waals surface area (Å²) in [5.74, 6) is 0. The Morgan fingerprint density at radius 3 is 1.84 bits per heavy atom. The molecule has 0 amide bonds. The predicted molar refractivity (Wildman–Crippen MR) is 148 cm³/mol. The van der Waals surface area contributed by atoms with Crippen molar-refractivity contribution in [2.24, 2.45) is 0 Å². The van der Waals surface area contributed by atoms with Crippen LogP contribution in [0.1, 0.15) is 33.4 Å². The van der Waals surface area contributed by atoms with Crippen LogP contribution in [0.15, 0.2) is 60.7 Å². The summed E-state index contributed by atoms with van der Waals surface area (Å²) < 4.78 is -1.65. The van der Waals surface area contributed by atoms with Crippen molar-refractivity contribution in [1.82, 2.24) is 0 Å². The van der Waals surface area contributed by atoms with Gasteiger partial charge in [0.1, 0.15) is 0 Å². The first-order valence-electron chi connectivity index (χ1n) is 11.2. The fraction of sp³-hybridized carbons (Fsp3) is 0.214. The normalized spacial score (nSPS) is 17.8. The minimum absolute atomic E-state index is 0.380. The maximum absolute atomic E-state index is 3.90. The van der Waals surface area contributed by atoms with Gasteiger partial charge in [0, 0.05) is 0 Å². The molecular formula is C28H28BPSe2. The zero-order valence-corrected chi connectivity index (χ0v) is 23.9. The number of hydrogen-bond donors (Lipinski definition) is 0. The van der Waals surface area contributed by atoms with Crippen LogP contribution in [-0.4, -0.2) is 35.4 Å². The molecule has 1 unspecified atom stereocenters. The van der Waals surface area contributed by atoms with E-state index in [1.54, 1.807) is 16.1 Å². The van der Waals surface area contributed by atoms with Gasteiger partial charge in [-0.1, -0.05) is 0 Å². The summed E-state index contributed by atoms with van der Waals surface area (Å²) in [6, 6.07) is 23.5. The molecule has 160 valence electrons. The molecule has 0 nitrogen and oxygen atoms in total. The first kappa shape index (κ1) is 22.5. The molecule has 0 spiro atoms. The van der Waals surface area contributed by atoms with E-state index in [0.717, 1.165) is 0 Å². The molecule has 4 aromatic carbocycles. The molecule has 0 radical (unpaired) electrons.